The molecule has 0 radical (unpaired) electrons. The average molecular weight is 132 g/mol. The quantitative estimate of drug-likeness (QED) is 0.335. The van der Waals surface area contributed by atoms with Gasteiger partial charge < -0.3 is 9.47 Å². The Morgan fingerprint density at radius 2 is 1.88 bits per heavy atom. The van der Waals surface area contributed by atoms with E-state index in [1.807, 2.05) is 0 Å². The third kappa shape index (κ3) is 1.74. The maximum absolute atomic E-state index is 4.95. The van der Waals surface area contributed by atoms with Crippen LogP contribution in [0.1, 0.15) is 0 Å². The van der Waals surface area contributed by atoms with Crippen LogP contribution in [0.25, 0.3) is 0 Å². The van der Waals surface area contributed by atoms with Crippen LogP contribution in [-0.4, -0.2) is 19.3 Å². The van der Waals surface area contributed by atoms with E-state index in [2.05, 4.69) is 28.0 Å². The Morgan fingerprint density at radius 3 is 1.88 bits per heavy atom. The smallest absolute Gasteiger partial charge is 0.281 e. The number of hydrogen-bond acceptors (Lipinski definition) is 3. The zero-order chi connectivity index (χ0) is 6.62. The van der Waals surface area contributed by atoms with E-state index >= 15 is 0 Å². The molecule has 0 bridgehead atoms. The first-order chi connectivity index (χ1) is 3.68. The van der Waals surface area contributed by atoms with E-state index in [1.165, 1.54) is 14.2 Å². The van der Waals surface area contributed by atoms with Crippen molar-refractivity contribution in [2.24, 2.45) is 0 Å². The highest BCUT2D eigenvalue weighted by atomic mass is 32.1. The molecule has 0 atom stereocenters. The van der Waals surface area contributed by atoms with Crippen molar-refractivity contribution >= 4 is 12.6 Å². The number of hydrogen-bond donors (Lipinski definition) is 1. The van der Waals surface area contributed by atoms with E-state index in [4.69, 9.17) is 6.42 Å². The fraction of sp³-hybridized carbons (Fsp3) is 0.600. The highest BCUT2D eigenvalue weighted by molar-refractivity contribution is 7.81. The molecule has 0 aliphatic rings. The third-order valence-corrected chi connectivity index (χ3v) is 1.23. The molecule has 0 aromatic heterocycles. The molecular formula is C5H8O2S. The van der Waals surface area contributed by atoms with E-state index in [9.17, 15) is 0 Å². The van der Waals surface area contributed by atoms with Gasteiger partial charge >= 0.3 is 0 Å². The molecule has 2 nitrogen and oxygen atoms in total. The molecular weight excluding hydrogens is 124 g/mol. The summed E-state index contributed by atoms with van der Waals surface area (Å²) in [5.74, 6) is 2.20. The molecule has 0 aromatic carbocycles. The Balaban J connectivity index is 3.83. The molecule has 0 aliphatic heterocycles. The largest absolute Gasteiger partial charge is 0.335 e. The number of thiol groups is 1. The Labute approximate surface area is 54.6 Å². The van der Waals surface area contributed by atoms with E-state index in [-0.39, 0.29) is 0 Å². The Morgan fingerprint density at radius 1 is 1.50 bits per heavy atom. The molecule has 0 N–H and O–H groups in total. The predicted octanol–water partition coefficient (Wildman–Crippen LogP) is 0.496. The summed E-state index contributed by atoms with van der Waals surface area (Å²) in [6.07, 6.45) is 4.95. The van der Waals surface area contributed by atoms with Crippen LogP contribution in [0.2, 0.25) is 0 Å². The van der Waals surface area contributed by atoms with Crippen molar-refractivity contribution in [3.63, 3.8) is 0 Å². The van der Waals surface area contributed by atoms with Crippen molar-refractivity contribution < 1.29 is 9.47 Å². The van der Waals surface area contributed by atoms with Gasteiger partial charge in [-0.2, -0.15) is 0 Å². The summed E-state index contributed by atoms with van der Waals surface area (Å²) < 4.78 is 9.28. The van der Waals surface area contributed by atoms with Gasteiger partial charge in [-0.25, -0.2) is 0 Å². The lowest BCUT2D eigenvalue weighted by atomic mass is 10.6. The number of rotatable bonds is 2. The summed E-state index contributed by atoms with van der Waals surface area (Å²) in [6, 6.07) is 0. The molecule has 3 heteroatoms. The lowest BCUT2D eigenvalue weighted by Gasteiger charge is -2.16. The van der Waals surface area contributed by atoms with Crippen LogP contribution in [0, 0.1) is 12.3 Å². The maximum Gasteiger partial charge on any atom is 0.281 e. The highest BCUT2D eigenvalue weighted by Crippen LogP contribution is 2.12. The normalized spacial score (nSPS) is 10.8. The predicted molar refractivity (Wildman–Crippen MR) is 34.6 cm³/mol. The van der Waals surface area contributed by atoms with Gasteiger partial charge in [0.1, 0.15) is 0 Å². The summed E-state index contributed by atoms with van der Waals surface area (Å²) in [7, 11) is 2.85. The van der Waals surface area contributed by atoms with Crippen molar-refractivity contribution in [1.82, 2.24) is 0 Å². The van der Waals surface area contributed by atoms with Crippen molar-refractivity contribution in [2.75, 3.05) is 14.2 Å². The summed E-state index contributed by atoms with van der Waals surface area (Å²) in [5.41, 5.74) is 0. The molecule has 0 rings (SSSR count). The van der Waals surface area contributed by atoms with E-state index in [0.717, 1.165) is 0 Å². The second-order valence-corrected chi connectivity index (χ2v) is 1.72. The van der Waals surface area contributed by atoms with E-state index < -0.39 is 5.12 Å². The van der Waals surface area contributed by atoms with Crippen molar-refractivity contribution in [3.05, 3.63) is 0 Å². The molecule has 0 amide bonds. The summed E-state index contributed by atoms with van der Waals surface area (Å²) in [4.78, 5) is 0. The van der Waals surface area contributed by atoms with Gasteiger partial charge in [-0.3, -0.25) is 0 Å². The Hall–Kier alpha value is -0.170. The molecule has 0 aromatic rings. The molecule has 0 spiro atoms. The van der Waals surface area contributed by atoms with Crippen LogP contribution in [0.15, 0.2) is 0 Å². The minimum atomic E-state index is -1.15. The zero-order valence-corrected chi connectivity index (χ0v) is 5.74. The molecule has 46 valence electrons. The molecule has 0 unspecified atom stereocenters. The molecule has 0 saturated heterocycles. The van der Waals surface area contributed by atoms with Gasteiger partial charge in [0.2, 0.25) is 0 Å². The topological polar surface area (TPSA) is 18.5 Å². The van der Waals surface area contributed by atoms with Crippen LogP contribution < -0.4 is 0 Å². The molecule has 0 fully saturated rings. The first-order valence-electron chi connectivity index (χ1n) is 1.99. The lowest BCUT2D eigenvalue weighted by Crippen LogP contribution is -2.23. The van der Waals surface area contributed by atoms with Gasteiger partial charge in [-0.05, 0) is 5.92 Å². The third-order valence-electron chi connectivity index (χ3n) is 0.736. The minimum absolute atomic E-state index is 1.15. The Bertz CT molecular complexity index is 101. The second kappa shape index (κ2) is 2.98. The number of terminal acetylenes is 1. The first kappa shape index (κ1) is 7.83. The van der Waals surface area contributed by atoms with Crippen molar-refractivity contribution in [2.45, 2.75) is 5.12 Å². The van der Waals surface area contributed by atoms with Gasteiger partial charge in [0, 0.05) is 14.2 Å². The highest BCUT2D eigenvalue weighted by Gasteiger charge is 2.18. The van der Waals surface area contributed by atoms with Gasteiger partial charge in [0.25, 0.3) is 5.12 Å². The summed E-state index contributed by atoms with van der Waals surface area (Å²) >= 11 is 3.84. The monoisotopic (exact) mass is 132 g/mol. The van der Waals surface area contributed by atoms with Crippen LogP contribution in [0.3, 0.4) is 0 Å². The second-order valence-electron chi connectivity index (χ2n) is 1.13. The molecule has 8 heavy (non-hydrogen) atoms. The van der Waals surface area contributed by atoms with Crippen LogP contribution in [-0.2, 0) is 9.47 Å². The SMILES string of the molecule is C#CC(S)(OC)OC. The van der Waals surface area contributed by atoms with Crippen LogP contribution >= 0.6 is 12.6 Å². The summed E-state index contributed by atoms with van der Waals surface area (Å²) in [5, 5.41) is -1.15. The molecule has 0 heterocycles. The fourth-order valence-electron chi connectivity index (χ4n) is 0.201. The average Bonchev–Trinajstić information content (AvgIpc) is 1.87. The van der Waals surface area contributed by atoms with E-state index in [1.54, 1.807) is 0 Å². The number of methoxy groups -OCH3 is 2. The molecule has 0 aliphatic carbocycles. The van der Waals surface area contributed by atoms with Crippen molar-refractivity contribution in [1.29, 1.82) is 0 Å². The summed E-state index contributed by atoms with van der Waals surface area (Å²) in [6.45, 7) is 0. The maximum atomic E-state index is 4.95. The van der Waals surface area contributed by atoms with Gasteiger partial charge in [-0.1, -0.05) is 0 Å². The van der Waals surface area contributed by atoms with Gasteiger partial charge in [0.15, 0.2) is 0 Å². The Kier molecular flexibility index (Phi) is 2.91. The van der Waals surface area contributed by atoms with Crippen LogP contribution in [0.5, 0.6) is 0 Å². The first-order valence-corrected chi connectivity index (χ1v) is 2.43. The van der Waals surface area contributed by atoms with E-state index in [0.29, 0.717) is 0 Å². The van der Waals surface area contributed by atoms with Gasteiger partial charge in [-0.15, -0.1) is 19.1 Å². The lowest BCUT2D eigenvalue weighted by molar-refractivity contribution is -0.0880. The fourth-order valence-corrected chi connectivity index (χ4v) is 0.201. The van der Waals surface area contributed by atoms with Gasteiger partial charge in [0.05, 0.1) is 0 Å². The zero-order valence-electron chi connectivity index (χ0n) is 4.84. The van der Waals surface area contributed by atoms with Crippen molar-refractivity contribution in [3.8, 4) is 12.3 Å². The number of ether oxygens (including phenoxy) is 2. The molecule has 0 saturated carbocycles. The van der Waals surface area contributed by atoms with Crippen LogP contribution in [0.4, 0.5) is 0 Å². The minimum Gasteiger partial charge on any atom is -0.335 e. The standard InChI is InChI=1S/C5H8O2S/c1-4-5(8,6-2)7-3/h1,8H,2-3H3.